The average Bonchev–Trinajstić information content (AvgIpc) is 2.57. The first-order chi connectivity index (χ1) is 11.2. The van der Waals surface area contributed by atoms with Crippen LogP contribution in [0, 0.1) is 11.3 Å². The molecule has 3 rings (SSSR count). The maximum Gasteiger partial charge on any atom is 0.268 e. The lowest BCUT2D eigenvalue weighted by atomic mass is 10.1. The van der Waals surface area contributed by atoms with Gasteiger partial charge in [0.15, 0.2) is 0 Å². The first-order valence-electron chi connectivity index (χ1n) is 7.12. The monoisotopic (exact) mass is 320 g/mol. The summed E-state index contributed by atoms with van der Waals surface area (Å²) in [4.78, 5) is 12.4. The van der Waals surface area contributed by atoms with Gasteiger partial charge in [0, 0.05) is 11.2 Å². The molecule has 1 aromatic heterocycles. The van der Waals surface area contributed by atoms with Crippen LogP contribution in [0.1, 0.15) is 11.1 Å². The van der Waals surface area contributed by atoms with Crippen molar-refractivity contribution in [1.29, 1.82) is 5.26 Å². The maximum atomic E-state index is 12.4. The summed E-state index contributed by atoms with van der Waals surface area (Å²) in [6, 6.07) is 20.6. The number of rotatable bonds is 3. The highest BCUT2D eigenvalue weighted by Gasteiger charge is 2.09. The molecular weight excluding hydrogens is 308 g/mol. The molecule has 4 heteroatoms. The van der Waals surface area contributed by atoms with E-state index in [0.29, 0.717) is 11.6 Å². The van der Waals surface area contributed by atoms with Gasteiger partial charge in [-0.15, -0.1) is 0 Å². The molecule has 0 atom stereocenters. The molecule has 23 heavy (non-hydrogen) atoms. The zero-order chi connectivity index (χ0) is 16.2. The SMILES string of the molecule is N#Cc1cc(-c2cccc(Cl)c2)cn(Cc2ccccc2)c1=O. The van der Waals surface area contributed by atoms with Crippen molar-refractivity contribution in [2.45, 2.75) is 6.54 Å². The summed E-state index contributed by atoms with van der Waals surface area (Å²) in [5.41, 5.74) is 2.50. The zero-order valence-electron chi connectivity index (χ0n) is 12.2. The van der Waals surface area contributed by atoms with Gasteiger partial charge in [0.1, 0.15) is 11.6 Å². The molecule has 3 nitrogen and oxygen atoms in total. The van der Waals surface area contributed by atoms with Crippen molar-refractivity contribution >= 4 is 11.6 Å². The van der Waals surface area contributed by atoms with Gasteiger partial charge in [0.05, 0.1) is 6.54 Å². The smallest absolute Gasteiger partial charge is 0.268 e. The third-order valence-electron chi connectivity index (χ3n) is 3.56. The van der Waals surface area contributed by atoms with Crippen LogP contribution < -0.4 is 5.56 Å². The molecule has 0 amide bonds. The molecule has 0 bridgehead atoms. The Morgan fingerprint density at radius 3 is 2.48 bits per heavy atom. The summed E-state index contributed by atoms with van der Waals surface area (Å²) in [6.45, 7) is 0.419. The molecule has 0 N–H and O–H groups in total. The quantitative estimate of drug-likeness (QED) is 0.729. The van der Waals surface area contributed by atoms with Gasteiger partial charge >= 0.3 is 0 Å². The molecule has 0 aliphatic rings. The Kier molecular flexibility index (Phi) is 4.27. The molecule has 0 saturated carbocycles. The van der Waals surface area contributed by atoms with Crippen LogP contribution in [0.15, 0.2) is 71.7 Å². The molecule has 1 heterocycles. The Bertz CT molecular complexity index is 940. The fourth-order valence-corrected chi connectivity index (χ4v) is 2.63. The van der Waals surface area contributed by atoms with Gasteiger partial charge in [-0.1, -0.05) is 54.1 Å². The van der Waals surface area contributed by atoms with Crippen LogP contribution in [-0.4, -0.2) is 4.57 Å². The van der Waals surface area contributed by atoms with E-state index < -0.39 is 0 Å². The van der Waals surface area contributed by atoms with Crippen LogP contribution >= 0.6 is 11.6 Å². The van der Waals surface area contributed by atoms with Gasteiger partial charge in [0.25, 0.3) is 5.56 Å². The Hall–Kier alpha value is -2.83. The number of pyridine rings is 1. The molecule has 0 spiro atoms. The lowest BCUT2D eigenvalue weighted by molar-refractivity contribution is 0.758. The summed E-state index contributed by atoms with van der Waals surface area (Å²) in [5.74, 6) is 0. The van der Waals surface area contributed by atoms with E-state index in [2.05, 4.69) is 0 Å². The van der Waals surface area contributed by atoms with E-state index in [0.717, 1.165) is 16.7 Å². The van der Waals surface area contributed by atoms with Gasteiger partial charge < -0.3 is 4.57 Å². The van der Waals surface area contributed by atoms with E-state index >= 15 is 0 Å². The van der Waals surface area contributed by atoms with Crippen molar-refractivity contribution in [2.75, 3.05) is 0 Å². The molecule has 3 aromatic rings. The van der Waals surface area contributed by atoms with Gasteiger partial charge in [-0.2, -0.15) is 5.26 Å². The standard InChI is InChI=1S/C19H13ClN2O/c20-18-8-4-7-15(10-18)17-9-16(11-21)19(23)22(13-17)12-14-5-2-1-3-6-14/h1-10,13H,12H2. The number of benzene rings is 2. The van der Waals surface area contributed by atoms with Crippen molar-refractivity contribution < 1.29 is 0 Å². The van der Waals surface area contributed by atoms with E-state index in [1.165, 1.54) is 0 Å². The highest BCUT2D eigenvalue weighted by Crippen LogP contribution is 2.22. The van der Waals surface area contributed by atoms with E-state index in [1.807, 2.05) is 54.6 Å². The number of halogens is 1. The number of aromatic nitrogens is 1. The number of nitriles is 1. The second kappa shape index (κ2) is 6.51. The lowest BCUT2D eigenvalue weighted by Gasteiger charge is -2.10. The van der Waals surface area contributed by atoms with E-state index in [4.69, 9.17) is 11.6 Å². The Morgan fingerprint density at radius 2 is 1.78 bits per heavy atom. The van der Waals surface area contributed by atoms with Crippen LogP contribution in [-0.2, 0) is 6.54 Å². The summed E-state index contributed by atoms with van der Waals surface area (Å²) in [7, 11) is 0. The number of nitrogens with zero attached hydrogens (tertiary/aromatic N) is 2. The lowest BCUT2D eigenvalue weighted by Crippen LogP contribution is -2.22. The van der Waals surface area contributed by atoms with Gasteiger partial charge in [-0.3, -0.25) is 4.79 Å². The van der Waals surface area contributed by atoms with Crippen molar-refractivity contribution in [1.82, 2.24) is 4.57 Å². The third-order valence-corrected chi connectivity index (χ3v) is 3.80. The summed E-state index contributed by atoms with van der Waals surface area (Å²) >= 11 is 6.04. The third kappa shape index (κ3) is 3.33. The Labute approximate surface area is 139 Å². The number of hydrogen-bond donors (Lipinski definition) is 0. The van der Waals surface area contributed by atoms with Gasteiger partial charge in [-0.05, 0) is 34.9 Å². The van der Waals surface area contributed by atoms with Crippen molar-refractivity contribution in [2.24, 2.45) is 0 Å². The normalized spacial score (nSPS) is 10.3. The summed E-state index contributed by atoms with van der Waals surface area (Å²) < 4.78 is 1.56. The summed E-state index contributed by atoms with van der Waals surface area (Å²) in [5, 5.41) is 9.86. The first-order valence-corrected chi connectivity index (χ1v) is 7.49. The van der Waals surface area contributed by atoms with Gasteiger partial charge in [-0.25, -0.2) is 0 Å². The Morgan fingerprint density at radius 1 is 1.00 bits per heavy atom. The topological polar surface area (TPSA) is 45.8 Å². The average molecular weight is 321 g/mol. The second-order valence-corrected chi connectivity index (χ2v) is 5.62. The second-order valence-electron chi connectivity index (χ2n) is 5.18. The minimum absolute atomic E-state index is 0.124. The molecule has 0 aliphatic carbocycles. The zero-order valence-corrected chi connectivity index (χ0v) is 13.0. The van der Waals surface area contributed by atoms with Crippen LogP contribution in [0.4, 0.5) is 0 Å². The highest BCUT2D eigenvalue weighted by atomic mass is 35.5. The largest absolute Gasteiger partial charge is 0.309 e. The van der Waals surface area contributed by atoms with E-state index in [9.17, 15) is 10.1 Å². The predicted molar refractivity (Wildman–Crippen MR) is 91.4 cm³/mol. The minimum atomic E-state index is -0.290. The summed E-state index contributed by atoms with van der Waals surface area (Å²) in [6.07, 6.45) is 1.77. The van der Waals surface area contributed by atoms with Crippen LogP contribution in [0.25, 0.3) is 11.1 Å². The molecule has 0 unspecified atom stereocenters. The fraction of sp³-hybridized carbons (Fsp3) is 0.0526. The maximum absolute atomic E-state index is 12.4. The predicted octanol–water partition coefficient (Wildman–Crippen LogP) is 4.09. The minimum Gasteiger partial charge on any atom is -0.309 e. The molecule has 0 aliphatic heterocycles. The molecule has 2 aromatic carbocycles. The fourth-order valence-electron chi connectivity index (χ4n) is 2.44. The highest BCUT2D eigenvalue weighted by molar-refractivity contribution is 6.30. The van der Waals surface area contributed by atoms with Crippen molar-refractivity contribution in [3.05, 3.63) is 93.4 Å². The van der Waals surface area contributed by atoms with Crippen molar-refractivity contribution in [3.8, 4) is 17.2 Å². The molecular formula is C19H13ClN2O. The van der Waals surface area contributed by atoms with Crippen LogP contribution in [0.5, 0.6) is 0 Å². The number of hydrogen-bond acceptors (Lipinski definition) is 2. The molecule has 112 valence electrons. The Balaban J connectivity index is 2.11. The van der Waals surface area contributed by atoms with Crippen LogP contribution in [0.3, 0.4) is 0 Å². The molecule has 0 fully saturated rings. The molecule has 0 radical (unpaired) electrons. The van der Waals surface area contributed by atoms with Gasteiger partial charge in [0.2, 0.25) is 0 Å². The van der Waals surface area contributed by atoms with Crippen molar-refractivity contribution in [3.63, 3.8) is 0 Å². The van der Waals surface area contributed by atoms with E-state index in [1.54, 1.807) is 22.9 Å². The first kappa shape index (κ1) is 15.1. The molecule has 0 saturated heterocycles. The van der Waals surface area contributed by atoms with E-state index in [-0.39, 0.29) is 11.1 Å². The van der Waals surface area contributed by atoms with Crippen LogP contribution in [0.2, 0.25) is 5.02 Å².